The van der Waals surface area contributed by atoms with Gasteiger partial charge < -0.3 is 16.0 Å². The Hall–Kier alpha value is -3.30. The summed E-state index contributed by atoms with van der Waals surface area (Å²) in [5.41, 5.74) is 1.20. The third kappa shape index (κ3) is 6.84. The minimum atomic E-state index is -0.393. The summed E-state index contributed by atoms with van der Waals surface area (Å²) in [4.78, 5) is 41.4. The molecule has 4 rings (SSSR count). The molecule has 2 fully saturated rings. The van der Waals surface area contributed by atoms with E-state index in [2.05, 4.69) is 20.9 Å². The second-order valence-electron chi connectivity index (χ2n) is 8.45. The Labute approximate surface area is 192 Å². The Kier molecular flexibility index (Phi) is 7.31. The fourth-order valence-electron chi connectivity index (χ4n) is 3.72. The number of hydrogen-bond acceptors (Lipinski definition) is 5. The number of piperazine rings is 1. The minimum absolute atomic E-state index is 0.0687. The largest absolute Gasteiger partial charge is 0.352 e. The van der Waals surface area contributed by atoms with Crippen molar-refractivity contribution in [3.05, 3.63) is 59.9 Å². The van der Waals surface area contributed by atoms with E-state index in [1.807, 2.05) is 4.90 Å². The summed E-state index contributed by atoms with van der Waals surface area (Å²) in [6, 6.07) is 12.6. The van der Waals surface area contributed by atoms with Gasteiger partial charge in [-0.25, -0.2) is 4.39 Å². The Bertz CT molecular complexity index is 1000. The smallest absolute Gasteiger partial charge is 0.257 e. The first kappa shape index (κ1) is 22.9. The van der Waals surface area contributed by atoms with Gasteiger partial charge in [0.2, 0.25) is 11.8 Å². The molecule has 3 amide bonds. The Morgan fingerprint density at radius 3 is 2.06 bits per heavy atom. The standard InChI is InChI=1S/C24H28FN5O3/c25-17-5-7-19(8-6-17)27-24(33)20-3-1-2-4-21(20)28-23(32)16-30-13-11-29(12-14-30)15-22(31)26-18-9-10-18/h1-8,18H,9-16H2,(H,26,31)(H,27,33)(H,28,32). The van der Waals surface area contributed by atoms with Gasteiger partial charge in [-0.1, -0.05) is 12.1 Å². The van der Waals surface area contributed by atoms with Gasteiger partial charge in [0.05, 0.1) is 24.3 Å². The van der Waals surface area contributed by atoms with Gasteiger partial charge in [0.15, 0.2) is 0 Å². The molecule has 1 aliphatic heterocycles. The number of nitrogens with one attached hydrogen (secondary N) is 3. The molecule has 33 heavy (non-hydrogen) atoms. The highest BCUT2D eigenvalue weighted by molar-refractivity contribution is 6.10. The van der Waals surface area contributed by atoms with Crippen molar-refractivity contribution in [2.45, 2.75) is 18.9 Å². The third-order valence-electron chi connectivity index (χ3n) is 5.69. The van der Waals surface area contributed by atoms with Gasteiger partial charge in [-0.05, 0) is 49.2 Å². The van der Waals surface area contributed by atoms with Gasteiger partial charge in [-0.15, -0.1) is 0 Å². The zero-order valence-corrected chi connectivity index (χ0v) is 18.4. The summed E-state index contributed by atoms with van der Waals surface area (Å²) in [7, 11) is 0. The van der Waals surface area contributed by atoms with E-state index in [4.69, 9.17) is 0 Å². The van der Waals surface area contributed by atoms with Crippen molar-refractivity contribution in [1.82, 2.24) is 15.1 Å². The van der Waals surface area contributed by atoms with Crippen molar-refractivity contribution < 1.29 is 18.8 Å². The van der Waals surface area contributed by atoms with Crippen LogP contribution in [-0.2, 0) is 9.59 Å². The molecule has 0 spiro atoms. The lowest BCUT2D eigenvalue weighted by Crippen LogP contribution is -2.51. The van der Waals surface area contributed by atoms with Crippen LogP contribution < -0.4 is 16.0 Å². The summed E-state index contributed by atoms with van der Waals surface area (Å²) < 4.78 is 13.1. The number of carbonyl (C=O) groups excluding carboxylic acids is 3. The Balaban J connectivity index is 1.26. The highest BCUT2D eigenvalue weighted by atomic mass is 19.1. The highest BCUT2D eigenvalue weighted by Gasteiger charge is 2.25. The van der Waals surface area contributed by atoms with Gasteiger partial charge in [0, 0.05) is 37.9 Å². The van der Waals surface area contributed by atoms with Crippen molar-refractivity contribution in [2.24, 2.45) is 0 Å². The van der Waals surface area contributed by atoms with E-state index < -0.39 is 5.91 Å². The predicted molar refractivity (Wildman–Crippen MR) is 123 cm³/mol. The lowest BCUT2D eigenvalue weighted by molar-refractivity contribution is -0.123. The number of nitrogens with zero attached hydrogens (tertiary/aromatic N) is 2. The maximum absolute atomic E-state index is 13.1. The van der Waals surface area contributed by atoms with E-state index in [-0.39, 0.29) is 24.2 Å². The molecule has 2 aromatic rings. The summed E-state index contributed by atoms with van der Waals surface area (Å²) >= 11 is 0. The van der Waals surface area contributed by atoms with Crippen molar-refractivity contribution in [3.8, 4) is 0 Å². The van der Waals surface area contributed by atoms with Crippen LogP contribution in [0.15, 0.2) is 48.5 Å². The third-order valence-corrected chi connectivity index (χ3v) is 5.69. The number of rotatable bonds is 8. The predicted octanol–water partition coefficient (Wildman–Crippen LogP) is 1.91. The van der Waals surface area contributed by atoms with Crippen LogP contribution in [-0.4, -0.2) is 72.8 Å². The van der Waals surface area contributed by atoms with Crippen molar-refractivity contribution in [1.29, 1.82) is 0 Å². The second-order valence-corrected chi connectivity index (χ2v) is 8.45. The van der Waals surface area contributed by atoms with Crippen LogP contribution >= 0.6 is 0 Å². The molecule has 0 unspecified atom stereocenters. The van der Waals surface area contributed by atoms with Crippen molar-refractivity contribution >= 4 is 29.1 Å². The van der Waals surface area contributed by atoms with Gasteiger partial charge in [-0.3, -0.25) is 24.2 Å². The molecule has 3 N–H and O–H groups in total. The zero-order valence-electron chi connectivity index (χ0n) is 18.4. The monoisotopic (exact) mass is 453 g/mol. The van der Waals surface area contributed by atoms with Crippen LogP contribution in [0.25, 0.3) is 0 Å². The highest BCUT2D eigenvalue weighted by Crippen LogP contribution is 2.19. The Morgan fingerprint density at radius 1 is 0.818 bits per heavy atom. The number of hydrogen-bond donors (Lipinski definition) is 3. The summed E-state index contributed by atoms with van der Waals surface area (Å²) in [6.07, 6.45) is 2.15. The summed E-state index contributed by atoms with van der Waals surface area (Å²) in [5.74, 6) is -0.921. The maximum atomic E-state index is 13.1. The van der Waals surface area contributed by atoms with E-state index in [1.165, 1.54) is 24.3 Å². The van der Waals surface area contributed by atoms with Crippen molar-refractivity contribution in [2.75, 3.05) is 49.9 Å². The number of halogens is 1. The fraction of sp³-hybridized carbons (Fsp3) is 0.375. The number of amides is 3. The average molecular weight is 454 g/mol. The van der Waals surface area contributed by atoms with E-state index in [0.29, 0.717) is 42.6 Å². The summed E-state index contributed by atoms with van der Waals surface area (Å²) in [5, 5.41) is 8.53. The molecule has 0 radical (unpaired) electrons. The van der Waals surface area contributed by atoms with Crippen LogP contribution in [0.2, 0.25) is 0 Å². The van der Waals surface area contributed by atoms with Crippen LogP contribution in [0.3, 0.4) is 0 Å². The molecule has 9 heteroatoms. The SMILES string of the molecule is O=C(CN1CCN(CC(=O)NC2CC2)CC1)Nc1ccccc1C(=O)Nc1ccc(F)cc1. The molecular formula is C24H28FN5O3. The van der Waals surface area contributed by atoms with E-state index in [9.17, 15) is 18.8 Å². The normalized spacial score (nSPS) is 16.8. The molecule has 0 atom stereocenters. The molecule has 1 saturated heterocycles. The van der Waals surface area contributed by atoms with Crippen LogP contribution in [0.5, 0.6) is 0 Å². The van der Waals surface area contributed by atoms with Gasteiger partial charge >= 0.3 is 0 Å². The maximum Gasteiger partial charge on any atom is 0.257 e. The van der Waals surface area contributed by atoms with Crippen molar-refractivity contribution in [3.63, 3.8) is 0 Å². The fourth-order valence-corrected chi connectivity index (χ4v) is 3.72. The quantitative estimate of drug-likeness (QED) is 0.568. The van der Waals surface area contributed by atoms with E-state index in [1.54, 1.807) is 24.3 Å². The minimum Gasteiger partial charge on any atom is -0.352 e. The lowest BCUT2D eigenvalue weighted by Gasteiger charge is -2.33. The molecular weight excluding hydrogens is 425 g/mol. The molecule has 1 heterocycles. The van der Waals surface area contributed by atoms with Crippen LogP contribution in [0, 0.1) is 5.82 Å². The van der Waals surface area contributed by atoms with Gasteiger partial charge in [0.25, 0.3) is 5.91 Å². The summed E-state index contributed by atoms with van der Waals surface area (Å²) in [6.45, 7) is 3.43. The molecule has 2 aliphatic rings. The van der Waals surface area contributed by atoms with E-state index >= 15 is 0 Å². The first-order chi connectivity index (χ1) is 16.0. The zero-order chi connectivity index (χ0) is 23.2. The number of benzene rings is 2. The molecule has 0 bridgehead atoms. The van der Waals surface area contributed by atoms with E-state index in [0.717, 1.165) is 25.9 Å². The molecule has 1 aliphatic carbocycles. The molecule has 174 valence electrons. The number of para-hydroxylation sites is 1. The first-order valence-electron chi connectivity index (χ1n) is 11.2. The van der Waals surface area contributed by atoms with Crippen LogP contribution in [0.4, 0.5) is 15.8 Å². The van der Waals surface area contributed by atoms with Gasteiger partial charge in [0.1, 0.15) is 5.82 Å². The topological polar surface area (TPSA) is 93.8 Å². The lowest BCUT2D eigenvalue weighted by atomic mass is 10.1. The molecule has 1 saturated carbocycles. The van der Waals surface area contributed by atoms with Crippen LogP contribution in [0.1, 0.15) is 23.2 Å². The average Bonchev–Trinajstić information content (AvgIpc) is 3.61. The number of anilines is 2. The molecule has 0 aromatic heterocycles. The molecule has 8 nitrogen and oxygen atoms in total. The number of carbonyl (C=O) groups is 3. The Morgan fingerprint density at radius 2 is 1.42 bits per heavy atom. The first-order valence-corrected chi connectivity index (χ1v) is 11.2. The van der Waals surface area contributed by atoms with Gasteiger partial charge in [-0.2, -0.15) is 0 Å². The molecule has 2 aromatic carbocycles. The second kappa shape index (κ2) is 10.5.